The maximum Gasteiger partial charge on any atom is 0.151 e. The van der Waals surface area contributed by atoms with Gasteiger partial charge in [-0.25, -0.2) is 9.98 Å². The number of unbranched alkanes of at least 4 members (excludes halogenated alkanes) is 2. The number of rotatable bonds is 11. The average Bonchev–Trinajstić information content (AvgIpc) is 2.63. The van der Waals surface area contributed by atoms with E-state index in [1.807, 2.05) is 13.0 Å². The number of aromatic nitrogens is 1. The topological polar surface area (TPSA) is 66.5 Å². The fourth-order valence-corrected chi connectivity index (χ4v) is 3.70. The standard InChI is InChI=1S/C20H33N5S/c1-5-7-10-17-14-25(12-9-8-11-22-26-13-6-2)19-15(3)16(4)23-20(21)18(19)24-17/h6,22H,2,5,7-14H2,1,3-4H3,(H2,21,23). The van der Waals surface area contributed by atoms with Crippen molar-refractivity contribution in [1.82, 2.24) is 9.71 Å². The molecule has 3 N–H and O–H groups in total. The highest BCUT2D eigenvalue weighted by Crippen LogP contribution is 2.40. The van der Waals surface area contributed by atoms with Gasteiger partial charge in [-0.05, 0) is 45.1 Å². The van der Waals surface area contributed by atoms with Crippen LogP contribution in [-0.2, 0) is 0 Å². The van der Waals surface area contributed by atoms with E-state index in [1.165, 1.54) is 29.8 Å². The number of hydrogen-bond donors (Lipinski definition) is 2. The van der Waals surface area contributed by atoms with E-state index in [9.17, 15) is 0 Å². The summed E-state index contributed by atoms with van der Waals surface area (Å²) >= 11 is 1.72. The zero-order valence-electron chi connectivity index (χ0n) is 16.5. The Balaban J connectivity index is 2.07. The molecule has 0 amide bonds. The second-order valence-electron chi connectivity index (χ2n) is 6.81. The van der Waals surface area contributed by atoms with Crippen LogP contribution < -0.4 is 15.4 Å². The quantitative estimate of drug-likeness (QED) is 0.337. The highest BCUT2D eigenvalue weighted by Gasteiger charge is 2.24. The van der Waals surface area contributed by atoms with Gasteiger partial charge in [-0.1, -0.05) is 31.4 Å². The lowest BCUT2D eigenvalue weighted by Gasteiger charge is -2.33. The molecule has 0 saturated heterocycles. The second kappa shape index (κ2) is 10.6. The Morgan fingerprint density at radius 1 is 1.31 bits per heavy atom. The molecule has 1 aliphatic rings. The van der Waals surface area contributed by atoms with Crippen LogP contribution in [0.4, 0.5) is 17.2 Å². The van der Waals surface area contributed by atoms with Crippen LogP contribution in [0, 0.1) is 13.8 Å². The van der Waals surface area contributed by atoms with Crippen LogP contribution in [0.3, 0.4) is 0 Å². The summed E-state index contributed by atoms with van der Waals surface area (Å²) in [4.78, 5) is 11.8. The summed E-state index contributed by atoms with van der Waals surface area (Å²) in [5.41, 5.74) is 11.7. The van der Waals surface area contributed by atoms with Crippen molar-refractivity contribution in [1.29, 1.82) is 0 Å². The number of nitrogens with one attached hydrogen (secondary N) is 1. The third kappa shape index (κ3) is 5.48. The maximum absolute atomic E-state index is 6.22. The lowest BCUT2D eigenvalue weighted by Crippen LogP contribution is -2.34. The highest BCUT2D eigenvalue weighted by molar-refractivity contribution is 7.97. The van der Waals surface area contributed by atoms with Crippen molar-refractivity contribution in [3.63, 3.8) is 0 Å². The van der Waals surface area contributed by atoms with Gasteiger partial charge in [-0.3, -0.25) is 4.72 Å². The highest BCUT2D eigenvalue weighted by atomic mass is 32.2. The van der Waals surface area contributed by atoms with Crippen molar-refractivity contribution in [3.05, 3.63) is 23.9 Å². The Morgan fingerprint density at radius 2 is 2.12 bits per heavy atom. The summed E-state index contributed by atoms with van der Waals surface area (Å²) in [6.07, 6.45) is 7.60. The molecule has 5 nitrogen and oxygen atoms in total. The number of nitrogen functional groups attached to an aromatic ring is 1. The molecule has 1 aromatic rings. The van der Waals surface area contributed by atoms with E-state index in [0.717, 1.165) is 56.0 Å². The first-order chi connectivity index (χ1) is 12.6. The Bertz CT molecular complexity index is 642. The number of anilines is 2. The molecule has 0 unspecified atom stereocenters. The molecule has 26 heavy (non-hydrogen) atoms. The average molecular weight is 376 g/mol. The minimum Gasteiger partial charge on any atom is -0.382 e. The molecule has 1 aliphatic heterocycles. The van der Waals surface area contributed by atoms with Crippen LogP contribution in [0.2, 0.25) is 0 Å². The van der Waals surface area contributed by atoms with Gasteiger partial charge in [0.1, 0.15) is 5.69 Å². The van der Waals surface area contributed by atoms with Crippen molar-refractivity contribution in [2.45, 2.75) is 52.9 Å². The number of aryl methyl sites for hydroxylation is 1. The summed E-state index contributed by atoms with van der Waals surface area (Å²) in [6.45, 7) is 13.1. The monoisotopic (exact) mass is 375 g/mol. The number of aliphatic imine (C=N–C) groups is 1. The van der Waals surface area contributed by atoms with Gasteiger partial charge in [0.2, 0.25) is 0 Å². The van der Waals surface area contributed by atoms with Crippen LogP contribution in [-0.4, -0.2) is 36.1 Å². The summed E-state index contributed by atoms with van der Waals surface area (Å²) < 4.78 is 3.38. The predicted molar refractivity (Wildman–Crippen MR) is 117 cm³/mol. The summed E-state index contributed by atoms with van der Waals surface area (Å²) in [5.74, 6) is 1.51. The van der Waals surface area contributed by atoms with Crippen molar-refractivity contribution in [2.75, 3.05) is 36.0 Å². The van der Waals surface area contributed by atoms with Crippen LogP contribution >= 0.6 is 11.9 Å². The molecule has 0 aliphatic carbocycles. The lowest BCUT2D eigenvalue weighted by molar-refractivity contribution is 0.696. The number of fused-ring (bicyclic) bond motifs is 1. The van der Waals surface area contributed by atoms with Gasteiger partial charge in [0.15, 0.2) is 5.82 Å². The molecule has 2 rings (SSSR count). The first-order valence-electron chi connectivity index (χ1n) is 9.62. The van der Waals surface area contributed by atoms with Gasteiger partial charge < -0.3 is 10.6 Å². The molecule has 0 atom stereocenters. The second-order valence-corrected chi connectivity index (χ2v) is 7.72. The number of hydrogen-bond acceptors (Lipinski definition) is 6. The van der Waals surface area contributed by atoms with E-state index < -0.39 is 0 Å². The van der Waals surface area contributed by atoms with Crippen molar-refractivity contribution < 1.29 is 0 Å². The molecular formula is C20H33N5S. The van der Waals surface area contributed by atoms with Crippen LogP contribution in [0.5, 0.6) is 0 Å². The van der Waals surface area contributed by atoms with Gasteiger partial charge in [0.05, 0.1) is 12.2 Å². The minimum absolute atomic E-state index is 0.560. The smallest absolute Gasteiger partial charge is 0.151 e. The van der Waals surface area contributed by atoms with E-state index in [4.69, 9.17) is 10.7 Å². The van der Waals surface area contributed by atoms with Crippen LogP contribution in [0.15, 0.2) is 17.6 Å². The Kier molecular flexibility index (Phi) is 8.45. The third-order valence-electron chi connectivity index (χ3n) is 4.69. The Hall–Kier alpha value is -1.53. The molecule has 0 spiro atoms. The first-order valence-corrected chi connectivity index (χ1v) is 10.6. The van der Waals surface area contributed by atoms with Crippen molar-refractivity contribution >= 4 is 34.9 Å². The Labute approximate surface area is 162 Å². The van der Waals surface area contributed by atoms with Gasteiger partial charge in [-0.2, -0.15) is 0 Å². The van der Waals surface area contributed by atoms with Crippen LogP contribution in [0.1, 0.15) is 50.3 Å². The van der Waals surface area contributed by atoms with Gasteiger partial charge in [0, 0.05) is 30.2 Å². The summed E-state index contributed by atoms with van der Waals surface area (Å²) in [5, 5.41) is 0. The molecule has 144 valence electrons. The zero-order chi connectivity index (χ0) is 18.9. The first kappa shape index (κ1) is 20.8. The summed E-state index contributed by atoms with van der Waals surface area (Å²) in [6, 6.07) is 0. The molecule has 0 radical (unpaired) electrons. The fourth-order valence-electron chi connectivity index (χ4n) is 3.17. The predicted octanol–water partition coefficient (Wildman–Crippen LogP) is 4.57. The molecular weight excluding hydrogens is 342 g/mol. The molecule has 1 aromatic heterocycles. The molecule has 0 saturated carbocycles. The molecule has 0 aromatic carbocycles. The van der Waals surface area contributed by atoms with Crippen molar-refractivity contribution in [3.8, 4) is 0 Å². The van der Waals surface area contributed by atoms with E-state index in [0.29, 0.717) is 5.82 Å². The van der Waals surface area contributed by atoms with Crippen LogP contribution in [0.25, 0.3) is 0 Å². The van der Waals surface area contributed by atoms with E-state index in [1.54, 1.807) is 11.9 Å². The molecule has 0 fully saturated rings. The largest absolute Gasteiger partial charge is 0.382 e. The number of pyridine rings is 1. The number of nitrogens with two attached hydrogens (primary N) is 1. The minimum atomic E-state index is 0.560. The van der Waals surface area contributed by atoms with Crippen molar-refractivity contribution in [2.24, 2.45) is 4.99 Å². The molecule has 2 heterocycles. The molecule has 0 bridgehead atoms. The maximum atomic E-state index is 6.22. The number of nitrogens with zero attached hydrogens (tertiary/aromatic N) is 3. The van der Waals surface area contributed by atoms with Gasteiger partial charge in [-0.15, -0.1) is 6.58 Å². The fraction of sp³-hybridized carbons (Fsp3) is 0.600. The summed E-state index contributed by atoms with van der Waals surface area (Å²) in [7, 11) is 0. The normalized spacial score (nSPS) is 13.5. The SMILES string of the molecule is C=CCSNCCCCN1CC(CCCC)=Nc2c(N)nc(C)c(C)c21. The Morgan fingerprint density at radius 3 is 2.85 bits per heavy atom. The zero-order valence-corrected chi connectivity index (χ0v) is 17.3. The third-order valence-corrected chi connectivity index (χ3v) is 5.50. The van der Waals surface area contributed by atoms with Gasteiger partial charge in [0.25, 0.3) is 0 Å². The lowest BCUT2D eigenvalue weighted by atomic mass is 10.0. The van der Waals surface area contributed by atoms with E-state index >= 15 is 0 Å². The van der Waals surface area contributed by atoms with Gasteiger partial charge >= 0.3 is 0 Å². The van der Waals surface area contributed by atoms with E-state index in [2.05, 4.69) is 35.0 Å². The molecule has 6 heteroatoms. The van der Waals surface area contributed by atoms with E-state index in [-0.39, 0.29) is 0 Å².